The van der Waals surface area contributed by atoms with E-state index in [9.17, 15) is 13.6 Å². The molecule has 2 heterocycles. The highest BCUT2D eigenvalue weighted by molar-refractivity contribution is 6.32. The number of ether oxygens (including phenoxy) is 2. The Hall–Kier alpha value is -0.260. The van der Waals surface area contributed by atoms with Crippen molar-refractivity contribution in [2.45, 2.75) is 36.7 Å². The van der Waals surface area contributed by atoms with Crippen LogP contribution in [0.25, 0.3) is 0 Å². The summed E-state index contributed by atoms with van der Waals surface area (Å²) >= 11 is 4.80. The van der Waals surface area contributed by atoms with Gasteiger partial charge < -0.3 is 9.47 Å². The van der Waals surface area contributed by atoms with Crippen LogP contribution in [0, 0.1) is 5.92 Å². The van der Waals surface area contributed by atoms with Gasteiger partial charge in [0.25, 0.3) is 0 Å². The molecule has 0 aromatic rings. The number of carbonyl (C=O) groups is 1. The zero-order valence-corrected chi connectivity index (χ0v) is 10.1. The van der Waals surface area contributed by atoms with Crippen LogP contribution >= 0.6 is 11.6 Å². The summed E-state index contributed by atoms with van der Waals surface area (Å²) in [6, 6.07) is 0. The van der Waals surface area contributed by atoms with E-state index in [0.717, 1.165) is 0 Å². The average Bonchev–Trinajstić information content (AvgIpc) is 2.28. The van der Waals surface area contributed by atoms with E-state index in [1.807, 2.05) is 0 Å². The Morgan fingerprint density at radius 2 is 1.94 bits per heavy atom. The van der Waals surface area contributed by atoms with Crippen LogP contribution in [0.15, 0.2) is 0 Å². The zero-order valence-electron chi connectivity index (χ0n) is 9.39. The monoisotopic (exact) mass is 268 g/mol. The van der Waals surface area contributed by atoms with Crippen LogP contribution in [0.5, 0.6) is 0 Å². The first-order chi connectivity index (χ1) is 7.93. The normalized spacial score (nSPS) is 29.2. The lowest BCUT2D eigenvalue weighted by Gasteiger charge is -2.43. The number of Topliss-reactive ketones (excluding diaryl/α,β-unsaturated/α-hetero) is 1. The lowest BCUT2D eigenvalue weighted by Crippen LogP contribution is -2.47. The smallest absolute Gasteiger partial charge is 0.380 e. The van der Waals surface area contributed by atoms with Crippen molar-refractivity contribution in [1.29, 1.82) is 0 Å². The maximum absolute atomic E-state index is 12.8. The van der Waals surface area contributed by atoms with Crippen molar-refractivity contribution in [2.24, 2.45) is 5.92 Å². The molecule has 0 N–H and O–H groups in total. The Balaban J connectivity index is 2.04. The lowest BCUT2D eigenvalue weighted by molar-refractivity contribution is -0.164. The van der Waals surface area contributed by atoms with Crippen molar-refractivity contribution >= 4 is 17.4 Å². The molecule has 0 aliphatic carbocycles. The Kier molecular flexibility index (Phi) is 3.71. The Bertz CT molecular complexity index is 292. The van der Waals surface area contributed by atoms with Crippen molar-refractivity contribution in [1.82, 2.24) is 0 Å². The molecule has 1 unspecified atom stereocenters. The van der Waals surface area contributed by atoms with E-state index in [-0.39, 0.29) is 0 Å². The zero-order chi connectivity index (χ0) is 12.5. The summed E-state index contributed by atoms with van der Waals surface area (Å²) < 4.78 is 36.5. The highest BCUT2D eigenvalue weighted by atomic mass is 35.5. The first-order valence-corrected chi connectivity index (χ1v) is 6.14. The second-order valence-corrected chi connectivity index (χ2v) is 5.17. The molecule has 2 saturated heterocycles. The van der Waals surface area contributed by atoms with Crippen LogP contribution in [-0.4, -0.2) is 36.6 Å². The molecule has 98 valence electrons. The first-order valence-electron chi connectivity index (χ1n) is 5.76. The summed E-state index contributed by atoms with van der Waals surface area (Å²) in [4.78, 5) is 11.5. The fourth-order valence-corrected chi connectivity index (χ4v) is 2.73. The molecular weight excluding hydrogens is 254 g/mol. The number of hydrogen-bond donors (Lipinski definition) is 0. The molecule has 17 heavy (non-hydrogen) atoms. The first kappa shape index (κ1) is 13.2. The Morgan fingerprint density at radius 3 is 2.53 bits per heavy atom. The van der Waals surface area contributed by atoms with Crippen LogP contribution in [0.4, 0.5) is 8.78 Å². The van der Waals surface area contributed by atoms with Gasteiger partial charge in [0, 0.05) is 25.7 Å². The van der Waals surface area contributed by atoms with E-state index in [1.54, 1.807) is 0 Å². The summed E-state index contributed by atoms with van der Waals surface area (Å²) in [5.41, 5.74) is -0.459. The van der Waals surface area contributed by atoms with Crippen molar-refractivity contribution in [3.8, 4) is 0 Å². The summed E-state index contributed by atoms with van der Waals surface area (Å²) in [6.07, 6.45) is 1.97. The predicted octanol–water partition coefficient (Wildman–Crippen LogP) is 2.36. The number of carbonyl (C=O) groups excluding carboxylic acids is 1. The summed E-state index contributed by atoms with van der Waals surface area (Å²) in [5, 5.41) is -3.76. The molecule has 2 fully saturated rings. The molecule has 0 bridgehead atoms. The van der Waals surface area contributed by atoms with E-state index in [0.29, 0.717) is 45.5 Å². The van der Waals surface area contributed by atoms with Gasteiger partial charge in [-0.05, 0) is 37.3 Å². The molecule has 0 aromatic heterocycles. The molecule has 1 atom stereocenters. The molecule has 2 aliphatic heterocycles. The van der Waals surface area contributed by atoms with Gasteiger partial charge in [-0.25, -0.2) is 0 Å². The van der Waals surface area contributed by atoms with Crippen LogP contribution in [0.1, 0.15) is 25.7 Å². The molecule has 1 spiro atoms. The third-order valence-corrected chi connectivity index (χ3v) is 3.73. The van der Waals surface area contributed by atoms with Crippen molar-refractivity contribution < 1.29 is 23.0 Å². The van der Waals surface area contributed by atoms with Crippen LogP contribution in [0.2, 0.25) is 0 Å². The molecular formula is C11H15ClF2O3. The van der Waals surface area contributed by atoms with E-state index in [1.165, 1.54) is 0 Å². The molecule has 3 nitrogen and oxygen atoms in total. The number of ketones is 1. The molecule has 6 heteroatoms. The standard InChI is InChI=1S/C11H15ClF2O3/c12-11(13,14)9(15)8-1-4-17-10(7-8)2-5-16-6-3-10/h8H,1-7H2. The van der Waals surface area contributed by atoms with Crippen molar-refractivity contribution in [2.75, 3.05) is 19.8 Å². The minimum absolute atomic E-state index is 0.323. The number of hydrogen-bond acceptors (Lipinski definition) is 3. The Morgan fingerprint density at radius 1 is 1.29 bits per heavy atom. The maximum atomic E-state index is 12.8. The SMILES string of the molecule is O=C(C1CCOC2(CCOCC2)C1)C(F)(F)Cl. The van der Waals surface area contributed by atoms with Gasteiger partial charge in [0.2, 0.25) is 5.78 Å². The van der Waals surface area contributed by atoms with E-state index >= 15 is 0 Å². The highest BCUT2D eigenvalue weighted by Crippen LogP contribution is 2.39. The van der Waals surface area contributed by atoms with Gasteiger partial charge in [0.05, 0.1) is 5.60 Å². The fourth-order valence-electron chi connectivity index (χ4n) is 2.57. The lowest BCUT2D eigenvalue weighted by atomic mass is 9.79. The second kappa shape index (κ2) is 4.78. The van der Waals surface area contributed by atoms with E-state index in [4.69, 9.17) is 21.1 Å². The molecule has 2 aliphatic rings. The molecule has 0 aromatic carbocycles. The third-order valence-electron chi connectivity index (χ3n) is 3.55. The van der Waals surface area contributed by atoms with Gasteiger partial charge in [-0.2, -0.15) is 8.78 Å². The largest absolute Gasteiger partial charge is 0.381 e. The third kappa shape index (κ3) is 2.95. The molecule has 2 rings (SSSR count). The van der Waals surface area contributed by atoms with Gasteiger partial charge >= 0.3 is 5.38 Å². The fraction of sp³-hybridized carbons (Fsp3) is 0.909. The maximum Gasteiger partial charge on any atom is 0.380 e. The minimum atomic E-state index is -3.76. The van der Waals surface area contributed by atoms with Crippen molar-refractivity contribution in [3.63, 3.8) is 0 Å². The van der Waals surface area contributed by atoms with Gasteiger partial charge in [-0.1, -0.05) is 0 Å². The number of alkyl halides is 3. The summed E-state index contributed by atoms with van der Waals surface area (Å²) in [5.74, 6) is -1.87. The van der Waals surface area contributed by atoms with Crippen LogP contribution in [0.3, 0.4) is 0 Å². The summed E-state index contributed by atoms with van der Waals surface area (Å²) in [7, 11) is 0. The predicted molar refractivity (Wildman–Crippen MR) is 57.3 cm³/mol. The number of halogens is 3. The van der Waals surface area contributed by atoms with Gasteiger partial charge in [-0.15, -0.1) is 0 Å². The van der Waals surface area contributed by atoms with Gasteiger partial charge in [0.15, 0.2) is 0 Å². The average molecular weight is 269 g/mol. The van der Waals surface area contributed by atoms with Crippen LogP contribution in [-0.2, 0) is 14.3 Å². The minimum Gasteiger partial charge on any atom is -0.381 e. The Labute approximate surface area is 103 Å². The van der Waals surface area contributed by atoms with Crippen molar-refractivity contribution in [3.05, 3.63) is 0 Å². The van der Waals surface area contributed by atoms with Crippen LogP contribution < -0.4 is 0 Å². The molecule has 0 amide bonds. The van der Waals surface area contributed by atoms with E-state index in [2.05, 4.69) is 0 Å². The molecule has 0 radical (unpaired) electrons. The summed E-state index contributed by atoms with van der Waals surface area (Å²) in [6.45, 7) is 1.44. The quantitative estimate of drug-likeness (QED) is 0.721. The molecule has 0 saturated carbocycles. The highest BCUT2D eigenvalue weighted by Gasteiger charge is 2.47. The van der Waals surface area contributed by atoms with E-state index < -0.39 is 22.7 Å². The van der Waals surface area contributed by atoms with Gasteiger partial charge in [-0.3, -0.25) is 4.79 Å². The van der Waals surface area contributed by atoms with Gasteiger partial charge in [0.1, 0.15) is 0 Å². The number of rotatable bonds is 2. The second-order valence-electron chi connectivity index (χ2n) is 4.70. The topological polar surface area (TPSA) is 35.5 Å².